The highest BCUT2D eigenvalue weighted by atomic mass is 35.5. The van der Waals surface area contributed by atoms with Crippen LogP contribution in [0.5, 0.6) is 23.0 Å². The molecule has 0 aliphatic heterocycles. The number of nitrogens with one attached hydrogen (secondary N) is 1. The van der Waals surface area contributed by atoms with Crippen molar-refractivity contribution in [3.05, 3.63) is 81.3 Å². The van der Waals surface area contributed by atoms with E-state index in [0.717, 1.165) is 6.07 Å². The van der Waals surface area contributed by atoms with Gasteiger partial charge < -0.3 is 19.7 Å². The van der Waals surface area contributed by atoms with Crippen molar-refractivity contribution in [2.75, 3.05) is 7.11 Å². The van der Waals surface area contributed by atoms with E-state index in [1.807, 2.05) is 0 Å². The van der Waals surface area contributed by atoms with E-state index < -0.39 is 11.9 Å². The minimum Gasteiger partial charge on any atom is -0.508 e. The highest BCUT2D eigenvalue weighted by Crippen LogP contribution is 2.29. The zero-order chi connectivity index (χ0) is 23.3. The van der Waals surface area contributed by atoms with Gasteiger partial charge in [0.05, 0.1) is 34.5 Å². The summed E-state index contributed by atoms with van der Waals surface area (Å²) < 4.78 is 10.6. The summed E-state index contributed by atoms with van der Waals surface area (Å²) in [5.74, 6) is -1.45. The molecule has 3 rings (SSSR count). The number of hydrazone groups is 1. The molecule has 0 saturated heterocycles. The van der Waals surface area contributed by atoms with Gasteiger partial charge in [-0.15, -0.1) is 0 Å². The number of rotatable bonds is 6. The number of halogens is 2. The van der Waals surface area contributed by atoms with Crippen LogP contribution in [-0.4, -0.2) is 35.4 Å². The number of methoxy groups -OCH3 is 1. The fourth-order valence-electron chi connectivity index (χ4n) is 2.57. The van der Waals surface area contributed by atoms with Crippen molar-refractivity contribution in [1.82, 2.24) is 5.43 Å². The van der Waals surface area contributed by atoms with Crippen LogP contribution in [0.3, 0.4) is 0 Å². The Kier molecular flexibility index (Phi) is 7.19. The maximum atomic E-state index is 12.4. The lowest BCUT2D eigenvalue weighted by atomic mass is 10.2. The molecule has 1 amide bonds. The van der Waals surface area contributed by atoms with Crippen LogP contribution in [0.1, 0.15) is 26.3 Å². The summed E-state index contributed by atoms with van der Waals surface area (Å²) in [6.07, 6.45) is 1.34. The number of carbonyl (C=O) groups excluding carboxylic acids is 2. The molecule has 0 bridgehead atoms. The molecule has 0 atom stereocenters. The van der Waals surface area contributed by atoms with E-state index in [4.69, 9.17) is 32.7 Å². The van der Waals surface area contributed by atoms with Crippen molar-refractivity contribution in [3.63, 3.8) is 0 Å². The molecule has 0 heterocycles. The number of carbonyl (C=O) groups is 2. The lowest BCUT2D eigenvalue weighted by Gasteiger charge is -2.10. The quantitative estimate of drug-likeness (QED) is 0.211. The number of phenolic OH excluding ortho intramolecular Hbond substituents is 2. The Hall–Kier alpha value is -3.75. The first-order valence-corrected chi connectivity index (χ1v) is 9.74. The Bertz CT molecular complexity index is 1210. The van der Waals surface area contributed by atoms with Crippen LogP contribution >= 0.6 is 23.2 Å². The second-order valence-corrected chi connectivity index (χ2v) is 7.14. The largest absolute Gasteiger partial charge is 0.508 e. The zero-order valence-corrected chi connectivity index (χ0v) is 18.0. The summed E-state index contributed by atoms with van der Waals surface area (Å²) in [5.41, 5.74) is 2.96. The van der Waals surface area contributed by atoms with Crippen LogP contribution in [0.2, 0.25) is 10.0 Å². The molecule has 0 fully saturated rings. The van der Waals surface area contributed by atoms with E-state index in [1.165, 1.54) is 49.7 Å². The zero-order valence-electron chi connectivity index (χ0n) is 16.5. The number of hydrogen-bond donors (Lipinski definition) is 3. The summed E-state index contributed by atoms with van der Waals surface area (Å²) in [7, 11) is 1.40. The number of aromatic hydroxyl groups is 2. The van der Waals surface area contributed by atoms with Crippen molar-refractivity contribution in [2.45, 2.75) is 0 Å². The third kappa shape index (κ3) is 5.48. The summed E-state index contributed by atoms with van der Waals surface area (Å²) >= 11 is 11.8. The molecule has 0 aliphatic rings. The highest BCUT2D eigenvalue weighted by Gasteiger charge is 2.14. The third-order valence-corrected chi connectivity index (χ3v) is 4.89. The molecule has 8 nitrogen and oxygen atoms in total. The van der Waals surface area contributed by atoms with Gasteiger partial charge in [0, 0.05) is 6.07 Å². The van der Waals surface area contributed by atoms with Crippen molar-refractivity contribution in [1.29, 1.82) is 0 Å². The third-order valence-electron chi connectivity index (χ3n) is 4.15. The van der Waals surface area contributed by atoms with Crippen molar-refractivity contribution >= 4 is 41.3 Å². The molecule has 0 aliphatic carbocycles. The number of hydrogen-bond acceptors (Lipinski definition) is 7. The van der Waals surface area contributed by atoms with Gasteiger partial charge in [-0.1, -0.05) is 23.2 Å². The fourth-order valence-corrected chi connectivity index (χ4v) is 2.87. The van der Waals surface area contributed by atoms with Gasteiger partial charge in [0.1, 0.15) is 11.5 Å². The van der Waals surface area contributed by atoms with Crippen LogP contribution in [-0.2, 0) is 0 Å². The molecule has 0 spiro atoms. The van der Waals surface area contributed by atoms with Crippen molar-refractivity contribution < 1.29 is 29.3 Å². The van der Waals surface area contributed by atoms with E-state index in [-0.39, 0.29) is 39.1 Å². The number of ether oxygens (including phenoxy) is 2. The van der Waals surface area contributed by atoms with Gasteiger partial charge in [0.25, 0.3) is 5.91 Å². The van der Waals surface area contributed by atoms with Gasteiger partial charge in [-0.25, -0.2) is 10.2 Å². The lowest BCUT2D eigenvalue weighted by Crippen LogP contribution is -2.17. The van der Waals surface area contributed by atoms with E-state index in [0.29, 0.717) is 10.6 Å². The van der Waals surface area contributed by atoms with Gasteiger partial charge >= 0.3 is 5.97 Å². The highest BCUT2D eigenvalue weighted by molar-refractivity contribution is 6.42. The smallest absolute Gasteiger partial charge is 0.343 e. The first-order valence-electron chi connectivity index (χ1n) is 8.99. The summed E-state index contributed by atoms with van der Waals surface area (Å²) in [4.78, 5) is 24.5. The van der Waals surface area contributed by atoms with E-state index in [2.05, 4.69) is 10.5 Å². The summed E-state index contributed by atoms with van der Waals surface area (Å²) in [6.45, 7) is 0. The Balaban J connectivity index is 1.69. The van der Waals surface area contributed by atoms with Gasteiger partial charge in [-0.2, -0.15) is 5.10 Å². The summed E-state index contributed by atoms with van der Waals surface area (Å²) in [6, 6.07) is 12.6. The average molecular weight is 475 g/mol. The molecular weight excluding hydrogens is 459 g/mol. The maximum absolute atomic E-state index is 12.4. The predicted molar refractivity (Wildman–Crippen MR) is 119 cm³/mol. The SMILES string of the molecule is COc1cc(/C=N/NC(=O)c2ccc(O)cc2O)ccc1OC(=O)c1ccc(Cl)c(Cl)c1. The Morgan fingerprint density at radius 1 is 0.969 bits per heavy atom. The molecule has 0 radical (unpaired) electrons. The Labute approximate surface area is 192 Å². The standard InChI is InChI=1S/C22H16Cl2N2O6/c1-31-20-8-12(11-25-26-21(29)15-5-4-14(27)10-18(15)28)2-7-19(20)32-22(30)13-3-6-16(23)17(24)9-13/h2-11,27-28H,1H3,(H,26,29)/b25-11+. The first kappa shape index (κ1) is 22.9. The van der Waals surface area contributed by atoms with Crippen molar-refractivity contribution in [2.24, 2.45) is 5.10 Å². The van der Waals surface area contributed by atoms with Crippen LogP contribution in [0.25, 0.3) is 0 Å². The van der Waals surface area contributed by atoms with E-state index >= 15 is 0 Å². The fraction of sp³-hybridized carbons (Fsp3) is 0.0455. The maximum Gasteiger partial charge on any atom is 0.343 e. The molecule has 10 heteroatoms. The predicted octanol–water partition coefficient (Wildman–Crippen LogP) is 4.40. The molecule has 3 aromatic carbocycles. The van der Waals surface area contributed by atoms with Crippen LogP contribution in [0.4, 0.5) is 0 Å². The molecule has 0 aromatic heterocycles. The van der Waals surface area contributed by atoms with Gasteiger partial charge in [0.2, 0.25) is 0 Å². The van der Waals surface area contributed by atoms with Crippen LogP contribution in [0, 0.1) is 0 Å². The molecule has 0 unspecified atom stereocenters. The van der Waals surface area contributed by atoms with E-state index in [9.17, 15) is 19.8 Å². The topological polar surface area (TPSA) is 117 Å². The minimum atomic E-state index is -0.669. The van der Waals surface area contributed by atoms with Gasteiger partial charge in [-0.05, 0) is 54.1 Å². The molecule has 3 N–H and O–H groups in total. The second-order valence-electron chi connectivity index (χ2n) is 6.33. The number of esters is 1. The Morgan fingerprint density at radius 2 is 1.75 bits per heavy atom. The number of phenols is 2. The molecule has 164 valence electrons. The second kappa shape index (κ2) is 10.0. The summed E-state index contributed by atoms with van der Waals surface area (Å²) in [5, 5.41) is 23.4. The molecule has 32 heavy (non-hydrogen) atoms. The van der Waals surface area contributed by atoms with Crippen LogP contribution < -0.4 is 14.9 Å². The Morgan fingerprint density at radius 3 is 2.44 bits per heavy atom. The normalized spacial score (nSPS) is 10.7. The molecule has 0 saturated carbocycles. The van der Waals surface area contributed by atoms with Crippen LogP contribution in [0.15, 0.2) is 59.7 Å². The monoisotopic (exact) mass is 474 g/mol. The molecule has 3 aromatic rings. The minimum absolute atomic E-state index is 0.0536. The van der Waals surface area contributed by atoms with E-state index in [1.54, 1.807) is 12.1 Å². The van der Waals surface area contributed by atoms with Crippen molar-refractivity contribution in [3.8, 4) is 23.0 Å². The lowest BCUT2D eigenvalue weighted by molar-refractivity contribution is 0.0729. The number of benzene rings is 3. The number of amides is 1. The van der Waals surface area contributed by atoms with Gasteiger partial charge in [0.15, 0.2) is 11.5 Å². The average Bonchev–Trinajstić information content (AvgIpc) is 2.76. The first-order chi connectivity index (χ1) is 15.3. The number of nitrogens with zero attached hydrogens (tertiary/aromatic N) is 1. The molecular formula is C22H16Cl2N2O6. The van der Waals surface area contributed by atoms with Gasteiger partial charge in [-0.3, -0.25) is 4.79 Å².